The smallest absolute Gasteiger partial charge is 0.416 e. The molecule has 1 N–H and O–H groups in total. The number of nitrogens with zero attached hydrogens (tertiary/aromatic N) is 2. The van der Waals surface area contributed by atoms with Crippen LogP contribution in [0, 0.1) is 11.3 Å². The minimum atomic E-state index is -4.46. The highest BCUT2D eigenvalue weighted by Gasteiger charge is 2.30. The largest absolute Gasteiger partial charge is 0.478 e. The summed E-state index contributed by atoms with van der Waals surface area (Å²) in [6.07, 6.45) is -2.95. The zero-order valence-electron chi connectivity index (χ0n) is 12.9. The number of hydrogen-bond acceptors (Lipinski definition) is 4. The Balaban J connectivity index is 1.99. The Morgan fingerprint density at radius 1 is 1.19 bits per heavy atom. The third-order valence-corrected chi connectivity index (χ3v) is 4.60. The first-order chi connectivity index (χ1) is 12.3. The number of thiazole rings is 1. The van der Waals surface area contributed by atoms with Crippen LogP contribution in [-0.4, -0.2) is 16.1 Å². The molecule has 0 bridgehead atoms. The molecule has 0 amide bonds. The van der Waals surface area contributed by atoms with Gasteiger partial charge in [0.15, 0.2) is 0 Å². The van der Waals surface area contributed by atoms with Crippen molar-refractivity contribution < 1.29 is 23.1 Å². The van der Waals surface area contributed by atoms with Gasteiger partial charge < -0.3 is 5.11 Å². The Bertz CT molecular complexity index is 1060. The van der Waals surface area contributed by atoms with Gasteiger partial charge in [-0.2, -0.15) is 18.4 Å². The van der Waals surface area contributed by atoms with Crippen molar-refractivity contribution >= 4 is 39.2 Å². The summed E-state index contributed by atoms with van der Waals surface area (Å²) in [4.78, 5) is 15.0. The Labute approximate surface area is 149 Å². The maximum absolute atomic E-state index is 12.8. The average Bonchev–Trinajstić information content (AvgIpc) is 3.02. The highest BCUT2D eigenvalue weighted by atomic mass is 32.1. The van der Waals surface area contributed by atoms with Crippen molar-refractivity contribution in [3.05, 3.63) is 64.2 Å². The molecule has 0 aliphatic rings. The summed E-state index contributed by atoms with van der Waals surface area (Å²) in [5.41, 5.74) is 0.251. The number of hydrogen-bond donors (Lipinski definition) is 1. The summed E-state index contributed by atoms with van der Waals surface area (Å²) in [5.74, 6) is -1.06. The number of nitriles is 1. The van der Waals surface area contributed by atoms with Crippen molar-refractivity contribution in [2.24, 2.45) is 0 Å². The molecule has 0 spiro atoms. The van der Waals surface area contributed by atoms with Gasteiger partial charge in [0.05, 0.1) is 26.9 Å². The first kappa shape index (κ1) is 17.6. The molecular formula is C18H9F3N2O2S. The molecule has 26 heavy (non-hydrogen) atoms. The van der Waals surface area contributed by atoms with Crippen LogP contribution < -0.4 is 0 Å². The zero-order chi connectivity index (χ0) is 18.9. The Hall–Kier alpha value is -3.18. The van der Waals surface area contributed by atoms with Crippen molar-refractivity contribution in [1.29, 1.82) is 5.26 Å². The van der Waals surface area contributed by atoms with E-state index in [0.29, 0.717) is 15.3 Å². The second-order valence-electron chi connectivity index (χ2n) is 5.30. The normalized spacial score (nSPS) is 12.2. The number of aromatic carboxylic acids is 1. The van der Waals surface area contributed by atoms with E-state index in [1.165, 1.54) is 36.4 Å². The molecule has 0 fully saturated rings. The van der Waals surface area contributed by atoms with Gasteiger partial charge in [-0.25, -0.2) is 9.78 Å². The molecule has 1 aromatic heterocycles. The Morgan fingerprint density at radius 2 is 1.88 bits per heavy atom. The third kappa shape index (κ3) is 3.58. The molecule has 3 rings (SSSR count). The number of allylic oxidation sites excluding steroid dienone is 1. The number of benzene rings is 2. The fourth-order valence-electron chi connectivity index (χ4n) is 2.25. The number of fused-ring (bicyclic) bond motifs is 1. The second kappa shape index (κ2) is 6.61. The number of carboxylic acids is 1. The van der Waals surface area contributed by atoms with Crippen LogP contribution >= 0.6 is 11.3 Å². The van der Waals surface area contributed by atoms with E-state index in [-0.39, 0.29) is 16.7 Å². The van der Waals surface area contributed by atoms with Crippen LogP contribution in [0.5, 0.6) is 0 Å². The second-order valence-corrected chi connectivity index (χ2v) is 6.33. The molecule has 4 nitrogen and oxygen atoms in total. The maximum atomic E-state index is 12.8. The quantitative estimate of drug-likeness (QED) is 0.649. The summed E-state index contributed by atoms with van der Waals surface area (Å²) in [7, 11) is 0. The van der Waals surface area contributed by atoms with Crippen LogP contribution in [0.15, 0.2) is 42.5 Å². The molecule has 0 aliphatic heterocycles. The summed E-state index contributed by atoms with van der Waals surface area (Å²) in [6.45, 7) is 0. The van der Waals surface area contributed by atoms with Crippen LogP contribution in [0.3, 0.4) is 0 Å². The van der Waals surface area contributed by atoms with Crippen molar-refractivity contribution in [1.82, 2.24) is 4.98 Å². The van der Waals surface area contributed by atoms with Gasteiger partial charge in [-0.3, -0.25) is 0 Å². The lowest BCUT2D eigenvalue weighted by atomic mass is 10.1. The highest BCUT2D eigenvalue weighted by Crippen LogP contribution is 2.34. The van der Waals surface area contributed by atoms with Gasteiger partial charge in [0.1, 0.15) is 11.1 Å². The monoisotopic (exact) mass is 374 g/mol. The van der Waals surface area contributed by atoms with Crippen molar-refractivity contribution in [2.45, 2.75) is 6.18 Å². The molecule has 0 aliphatic carbocycles. The Morgan fingerprint density at radius 3 is 2.46 bits per heavy atom. The summed E-state index contributed by atoms with van der Waals surface area (Å²) >= 11 is 1.11. The molecule has 0 saturated heterocycles. The van der Waals surface area contributed by atoms with E-state index in [4.69, 9.17) is 5.11 Å². The first-order valence-corrected chi connectivity index (χ1v) is 8.03. The molecule has 3 aromatic rings. The topological polar surface area (TPSA) is 74.0 Å². The van der Waals surface area contributed by atoms with Gasteiger partial charge in [0.2, 0.25) is 0 Å². The average molecular weight is 374 g/mol. The molecule has 1 heterocycles. The molecule has 0 atom stereocenters. The van der Waals surface area contributed by atoms with E-state index in [1.807, 2.05) is 6.07 Å². The van der Waals surface area contributed by atoms with E-state index in [0.717, 1.165) is 23.5 Å². The molecule has 0 unspecified atom stereocenters. The van der Waals surface area contributed by atoms with Gasteiger partial charge in [0, 0.05) is 0 Å². The molecule has 0 radical (unpaired) electrons. The fraction of sp³-hybridized carbons (Fsp3) is 0.0556. The number of halogens is 3. The molecule has 130 valence electrons. The zero-order valence-corrected chi connectivity index (χ0v) is 13.7. The summed E-state index contributed by atoms with van der Waals surface area (Å²) < 4.78 is 38.9. The Kier molecular flexibility index (Phi) is 4.49. The van der Waals surface area contributed by atoms with Crippen LogP contribution in [0.25, 0.3) is 21.9 Å². The third-order valence-electron chi connectivity index (χ3n) is 3.53. The van der Waals surface area contributed by atoms with E-state index in [2.05, 4.69) is 4.98 Å². The van der Waals surface area contributed by atoms with Gasteiger partial charge in [-0.1, -0.05) is 12.1 Å². The molecule has 2 aromatic carbocycles. The van der Waals surface area contributed by atoms with Crippen LogP contribution in [0.1, 0.15) is 26.5 Å². The predicted octanol–water partition coefficient (Wildman–Crippen LogP) is 5.08. The minimum absolute atomic E-state index is 0.111. The minimum Gasteiger partial charge on any atom is -0.478 e. The van der Waals surface area contributed by atoms with Crippen molar-refractivity contribution in [3.63, 3.8) is 0 Å². The molecule has 8 heteroatoms. The lowest BCUT2D eigenvalue weighted by Gasteiger charge is -2.04. The number of rotatable bonds is 3. The van der Waals surface area contributed by atoms with E-state index < -0.39 is 17.7 Å². The number of carbonyl (C=O) groups is 1. The first-order valence-electron chi connectivity index (χ1n) is 7.21. The number of aromatic nitrogens is 1. The van der Waals surface area contributed by atoms with Crippen LogP contribution in [-0.2, 0) is 6.18 Å². The van der Waals surface area contributed by atoms with E-state index >= 15 is 0 Å². The van der Waals surface area contributed by atoms with Gasteiger partial charge >= 0.3 is 12.1 Å². The van der Waals surface area contributed by atoms with Gasteiger partial charge in [0.25, 0.3) is 0 Å². The lowest BCUT2D eigenvalue weighted by molar-refractivity contribution is -0.137. The van der Waals surface area contributed by atoms with Gasteiger partial charge in [-0.15, -0.1) is 11.3 Å². The van der Waals surface area contributed by atoms with Crippen molar-refractivity contribution in [2.75, 3.05) is 0 Å². The number of alkyl halides is 3. The number of carboxylic acid groups (broad SMARTS) is 1. The predicted molar refractivity (Wildman–Crippen MR) is 91.5 cm³/mol. The van der Waals surface area contributed by atoms with Crippen LogP contribution in [0.4, 0.5) is 13.2 Å². The maximum Gasteiger partial charge on any atom is 0.416 e. The highest BCUT2D eigenvalue weighted by molar-refractivity contribution is 7.19. The van der Waals surface area contributed by atoms with Crippen molar-refractivity contribution in [3.8, 4) is 6.07 Å². The SMILES string of the molecule is N#CC(=Cc1ccc(C(=O)O)cc1)c1nc2cc(C(F)(F)F)ccc2s1. The van der Waals surface area contributed by atoms with Crippen LogP contribution in [0.2, 0.25) is 0 Å². The van der Waals surface area contributed by atoms with E-state index in [1.54, 1.807) is 0 Å². The summed E-state index contributed by atoms with van der Waals surface area (Å²) in [5, 5.41) is 18.5. The molecular weight excluding hydrogens is 365 g/mol. The lowest BCUT2D eigenvalue weighted by Crippen LogP contribution is -2.03. The van der Waals surface area contributed by atoms with E-state index in [9.17, 15) is 23.2 Å². The van der Waals surface area contributed by atoms with Gasteiger partial charge in [-0.05, 0) is 42.0 Å². The molecule has 0 saturated carbocycles. The fourth-order valence-corrected chi connectivity index (χ4v) is 3.16. The standard InChI is InChI=1S/C18H9F3N2O2S/c19-18(20,21)13-5-6-15-14(8-13)23-16(26-15)12(9-22)7-10-1-3-11(4-2-10)17(24)25/h1-8H,(H,24,25). The summed E-state index contributed by atoms with van der Waals surface area (Å²) in [6, 6.07) is 11.1.